The van der Waals surface area contributed by atoms with Crippen LogP contribution in [0.5, 0.6) is 5.75 Å². The van der Waals surface area contributed by atoms with Crippen LogP contribution in [0.2, 0.25) is 0 Å². The molecule has 2 aromatic rings. The lowest BCUT2D eigenvalue weighted by atomic mass is 10.2. The first-order valence-electron chi connectivity index (χ1n) is 7.11. The van der Waals surface area contributed by atoms with Crippen LogP contribution in [0.1, 0.15) is 26.2 Å². The molecule has 1 aliphatic rings. The molecule has 5 heteroatoms. The minimum Gasteiger partial charge on any atom is -0.494 e. The summed E-state index contributed by atoms with van der Waals surface area (Å²) >= 11 is 1.69. The average molecular weight is 292 g/mol. The zero-order valence-corrected chi connectivity index (χ0v) is 12.7. The van der Waals surface area contributed by atoms with Crippen LogP contribution >= 0.6 is 11.3 Å². The summed E-state index contributed by atoms with van der Waals surface area (Å²) in [6.07, 6.45) is 3.74. The van der Waals surface area contributed by atoms with Crippen LogP contribution in [-0.4, -0.2) is 30.8 Å². The number of hydrogen-bond acceptors (Lipinski definition) is 5. The summed E-state index contributed by atoms with van der Waals surface area (Å²) in [6.45, 7) is 2.69. The number of methoxy groups -OCH3 is 1. The van der Waals surface area contributed by atoms with Crippen LogP contribution in [0.3, 0.4) is 0 Å². The predicted octanol–water partition coefficient (Wildman–Crippen LogP) is 3.67. The van der Waals surface area contributed by atoms with E-state index >= 15 is 0 Å². The van der Waals surface area contributed by atoms with E-state index in [1.54, 1.807) is 18.4 Å². The first kappa shape index (κ1) is 13.6. The fraction of sp³-hybridized carbons (Fsp3) is 0.533. The highest BCUT2D eigenvalue weighted by Crippen LogP contribution is 2.32. The quantitative estimate of drug-likeness (QED) is 0.913. The second kappa shape index (κ2) is 5.97. The summed E-state index contributed by atoms with van der Waals surface area (Å²) in [4.78, 5) is 4.64. The zero-order valence-electron chi connectivity index (χ0n) is 11.9. The van der Waals surface area contributed by atoms with Crippen LogP contribution in [0.25, 0.3) is 10.2 Å². The minimum absolute atomic E-state index is 0.395. The lowest BCUT2D eigenvalue weighted by molar-refractivity contribution is 0.108. The summed E-state index contributed by atoms with van der Waals surface area (Å²) in [6, 6.07) is 6.54. The second-order valence-electron chi connectivity index (χ2n) is 5.09. The van der Waals surface area contributed by atoms with Gasteiger partial charge < -0.3 is 14.8 Å². The van der Waals surface area contributed by atoms with E-state index in [1.165, 1.54) is 4.70 Å². The molecule has 0 aliphatic heterocycles. The topological polar surface area (TPSA) is 43.4 Å². The van der Waals surface area contributed by atoms with Crippen LogP contribution in [0, 0.1) is 0 Å². The number of fused-ring (bicyclic) bond motifs is 1. The Hall–Kier alpha value is -1.33. The molecule has 20 heavy (non-hydrogen) atoms. The van der Waals surface area contributed by atoms with Gasteiger partial charge in [-0.1, -0.05) is 11.3 Å². The molecule has 0 saturated heterocycles. The Kier molecular flexibility index (Phi) is 4.08. The number of thiazole rings is 1. The number of hydrogen-bond donors (Lipinski definition) is 1. The molecule has 1 saturated carbocycles. The molecule has 0 bridgehead atoms. The number of nitrogens with one attached hydrogen (secondary N) is 1. The van der Waals surface area contributed by atoms with E-state index < -0.39 is 0 Å². The summed E-state index contributed by atoms with van der Waals surface area (Å²) in [5.41, 5.74) is 1.03. The Morgan fingerprint density at radius 1 is 1.40 bits per heavy atom. The summed E-state index contributed by atoms with van der Waals surface area (Å²) in [7, 11) is 1.79. The van der Waals surface area contributed by atoms with Crippen molar-refractivity contribution in [3.05, 3.63) is 18.2 Å². The molecule has 1 aromatic heterocycles. The van der Waals surface area contributed by atoms with Crippen molar-refractivity contribution < 1.29 is 9.47 Å². The van der Waals surface area contributed by atoms with Gasteiger partial charge in [0.15, 0.2) is 5.13 Å². The Morgan fingerprint density at radius 2 is 2.30 bits per heavy atom. The largest absolute Gasteiger partial charge is 0.494 e. The molecule has 0 amide bonds. The normalized spacial score (nSPS) is 22.3. The maximum atomic E-state index is 5.53. The van der Waals surface area contributed by atoms with Gasteiger partial charge in [-0.2, -0.15) is 0 Å². The van der Waals surface area contributed by atoms with Gasteiger partial charge in [0.25, 0.3) is 0 Å². The standard InChI is InChI=1S/C15H20N2O2S/c1-3-19-12-6-7-13-14(9-12)20-15(17-13)16-10-4-5-11(8-10)18-2/h6-7,9-11H,3-5,8H2,1-2H3,(H,16,17). The van der Waals surface area contributed by atoms with Crippen molar-refractivity contribution in [2.75, 3.05) is 19.0 Å². The van der Waals surface area contributed by atoms with Gasteiger partial charge in [-0.25, -0.2) is 4.98 Å². The van der Waals surface area contributed by atoms with Crippen molar-refractivity contribution in [1.82, 2.24) is 4.98 Å². The van der Waals surface area contributed by atoms with E-state index in [-0.39, 0.29) is 0 Å². The van der Waals surface area contributed by atoms with Crippen LogP contribution in [0.4, 0.5) is 5.13 Å². The first-order valence-corrected chi connectivity index (χ1v) is 7.93. The van der Waals surface area contributed by atoms with E-state index in [2.05, 4.69) is 16.4 Å². The SMILES string of the molecule is CCOc1ccc2nc(NC3CCC(OC)C3)sc2c1. The Labute approximate surface area is 123 Å². The Bertz CT molecular complexity index is 584. The Balaban J connectivity index is 1.72. The third-order valence-corrected chi connectivity index (χ3v) is 4.67. The van der Waals surface area contributed by atoms with Crippen molar-refractivity contribution in [2.45, 2.75) is 38.3 Å². The maximum Gasteiger partial charge on any atom is 0.184 e. The molecule has 1 aromatic carbocycles. The minimum atomic E-state index is 0.395. The number of ether oxygens (including phenoxy) is 2. The molecule has 4 nitrogen and oxygen atoms in total. The molecule has 2 atom stereocenters. The zero-order chi connectivity index (χ0) is 13.9. The molecule has 1 aliphatic carbocycles. The number of benzene rings is 1. The highest BCUT2D eigenvalue weighted by Gasteiger charge is 2.24. The highest BCUT2D eigenvalue weighted by molar-refractivity contribution is 7.22. The van der Waals surface area contributed by atoms with Gasteiger partial charge >= 0.3 is 0 Å². The lowest BCUT2D eigenvalue weighted by Gasteiger charge is -2.11. The van der Waals surface area contributed by atoms with Gasteiger partial charge in [0.05, 0.1) is 22.9 Å². The van der Waals surface area contributed by atoms with E-state index in [0.717, 1.165) is 35.7 Å². The molecule has 0 spiro atoms. The molecule has 3 rings (SSSR count). The fourth-order valence-electron chi connectivity index (χ4n) is 2.68. The van der Waals surface area contributed by atoms with E-state index in [0.29, 0.717) is 18.8 Å². The van der Waals surface area contributed by atoms with E-state index in [1.807, 2.05) is 19.1 Å². The van der Waals surface area contributed by atoms with Gasteiger partial charge in [-0.05, 0) is 44.4 Å². The lowest BCUT2D eigenvalue weighted by Crippen LogP contribution is -2.16. The summed E-state index contributed by atoms with van der Waals surface area (Å²) in [5, 5.41) is 4.53. The van der Waals surface area contributed by atoms with Crippen molar-refractivity contribution in [3.8, 4) is 5.75 Å². The second-order valence-corrected chi connectivity index (χ2v) is 6.12. The molecule has 1 heterocycles. The van der Waals surface area contributed by atoms with Crippen LogP contribution < -0.4 is 10.1 Å². The van der Waals surface area contributed by atoms with Crippen molar-refractivity contribution in [2.24, 2.45) is 0 Å². The molecule has 1 N–H and O–H groups in total. The molecular formula is C15H20N2O2S. The average Bonchev–Trinajstić information content (AvgIpc) is 3.05. The third kappa shape index (κ3) is 2.88. The monoisotopic (exact) mass is 292 g/mol. The van der Waals surface area contributed by atoms with E-state index in [9.17, 15) is 0 Å². The molecule has 1 fully saturated rings. The number of anilines is 1. The fourth-order valence-corrected chi connectivity index (χ4v) is 3.65. The van der Waals surface area contributed by atoms with Gasteiger partial charge in [-0.3, -0.25) is 0 Å². The smallest absolute Gasteiger partial charge is 0.184 e. The molecule has 2 unspecified atom stereocenters. The Morgan fingerprint density at radius 3 is 3.05 bits per heavy atom. The van der Waals surface area contributed by atoms with Crippen LogP contribution in [-0.2, 0) is 4.74 Å². The van der Waals surface area contributed by atoms with Crippen LogP contribution in [0.15, 0.2) is 18.2 Å². The number of nitrogens with zero attached hydrogens (tertiary/aromatic N) is 1. The van der Waals surface area contributed by atoms with Gasteiger partial charge in [-0.15, -0.1) is 0 Å². The van der Waals surface area contributed by atoms with Crippen molar-refractivity contribution in [1.29, 1.82) is 0 Å². The van der Waals surface area contributed by atoms with Gasteiger partial charge in [0.2, 0.25) is 0 Å². The highest BCUT2D eigenvalue weighted by atomic mass is 32.1. The summed E-state index contributed by atoms with van der Waals surface area (Å²) in [5.74, 6) is 0.913. The summed E-state index contributed by atoms with van der Waals surface area (Å²) < 4.78 is 12.1. The molecule has 108 valence electrons. The molecule has 0 radical (unpaired) electrons. The van der Waals surface area contributed by atoms with E-state index in [4.69, 9.17) is 9.47 Å². The third-order valence-electron chi connectivity index (χ3n) is 3.72. The first-order chi connectivity index (χ1) is 9.78. The predicted molar refractivity (Wildman–Crippen MR) is 82.8 cm³/mol. The van der Waals surface area contributed by atoms with Gasteiger partial charge in [0.1, 0.15) is 5.75 Å². The number of rotatable bonds is 5. The van der Waals surface area contributed by atoms with Gasteiger partial charge in [0, 0.05) is 13.2 Å². The maximum absolute atomic E-state index is 5.53. The molecular weight excluding hydrogens is 272 g/mol. The van der Waals surface area contributed by atoms with Crippen molar-refractivity contribution >= 4 is 26.7 Å². The van der Waals surface area contributed by atoms with Crippen molar-refractivity contribution in [3.63, 3.8) is 0 Å². The number of aromatic nitrogens is 1.